The van der Waals surface area contributed by atoms with Crippen molar-refractivity contribution in [3.8, 4) is 5.69 Å². The van der Waals surface area contributed by atoms with Gasteiger partial charge < -0.3 is 10.0 Å². The highest BCUT2D eigenvalue weighted by molar-refractivity contribution is 5.95. The van der Waals surface area contributed by atoms with Crippen LogP contribution < -0.4 is 0 Å². The third kappa shape index (κ3) is 2.93. The predicted octanol–water partition coefficient (Wildman–Crippen LogP) is 2.66. The standard InChI is InChI=1S/C17H16F3N3O3/c1-11-8-21-23(9-11)13-4-2-12(3-5-13)14(24)22-7-6-16(10-22,15(25)26)17(18,19)20/h2-5,8-9H,6-7,10H2,1H3,(H,25,26). The molecular weight excluding hydrogens is 351 g/mol. The fourth-order valence-electron chi connectivity index (χ4n) is 3.00. The highest BCUT2D eigenvalue weighted by Gasteiger charge is 2.64. The van der Waals surface area contributed by atoms with E-state index in [0.717, 1.165) is 10.5 Å². The normalized spacial score (nSPS) is 20.4. The first-order valence-electron chi connectivity index (χ1n) is 7.85. The zero-order valence-corrected chi connectivity index (χ0v) is 13.8. The number of hydrogen-bond donors (Lipinski definition) is 1. The molecule has 1 saturated heterocycles. The number of nitrogens with zero attached hydrogens (tertiary/aromatic N) is 3. The average molecular weight is 367 g/mol. The molecule has 1 aliphatic heterocycles. The van der Waals surface area contributed by atoms with Gasteiger partial charge >= 0.3 is 12.1 Å². The molecule has 2 aromatic rings. The lowest BCUT2D eigenvalue weighted by molar-refractivity contribution is -0.227. The summed E-state index contributed by atoms with van der Waals surface area (Å²) in [6, 6.07) is 6.24. The van der Waals surface area contributed by atoms with Crippen molar-refractivity contribution in [2.75, 3.05) is 13.1 Å². The summed E-state index contributed by atoms with van der Waals surface area (Å²) in [7, 11) is 0. The summed E-state index contributed by atoms with van der Waals surface area (Å²) in [5, 5.41) is 13.2. The molecule has 1 fully saturated rings. The summed E-state index contributed by atoms with van der Waals surface area (Å²) < 4.78 is 41.3. The van der Waals surface area contributed by atoms with Gasteiger partial charge in [-0.2, -0.15) is 18.3 Å². The Bertz CT molecular complexity index is 845. The zero-order chi connectivity index (χ0) is 19.1. The summed E-state index contributed by atoms with van der Waals surface area (Å²) in [6.07, 6.45) is -2.11. The minimum Gasteiger partial charge on any atom is -0.481 e. The molecule has 6 nitrogen and oxygen atoms in total. The number of benzene rings is 1. The van der Waals surface area contributed by atoms with Gasteiger partial charge in [0.15, 0.2) is 5.41 Å². The van der Waals surface area contributed by atoms with E-state index in [0.29, 0.717) is 5.69 Å². The van der Waals surface area contributed by atoms with Gasteiger partial charge in [0.2, 0.25) is 0 Å². The molecule has 0 saturated carbocycles. The molecule has 1 aromatic heterocycles. The topological polar surface area (TPSA) is 75.4 Å². The molecule has 1 amide bonds. The Morgan fingerprint density at radius 3 is 2.35 bits per heavy atom. The Morgan fingerprint density at radius 2 is 1.88 bits per heavy atom. The van der Waals surface area contributed by atoms with Crippen molar-refractivity contribution < 1.29 is 27.9 Å². The molecule has 1 N–H and O–H groups in total. The lowest BCUT2D eigenvalue weighted by atomic mass is 9.86. The van der Waals surface area contributed by atoms with Crippen molar-refractivity contribution in [2.45, 2.75) is 19.5 Å². The predicted molar refractivity (Wildman–Crippen MR) is 84.9 cm³/mol. The van der Waals surface area contributed by atoms with Crippen LogP contribution in [0.4, 0.5) is 13.2 Å². The number of amides is 1. The minimum atomic E-state index is -4.92. The van der Waals surface area contributed by atoms with Crippen LogP contribution in [-0.4, -0.2) is 50.9 Å². The van der Waals surface area contributed by atoms with E-state index in [1.165, 1.54) is 12.1 Å². The smallest absolute Gasteiger partial charge is 0.406 e. The fourth-order valence-corrected chi connectivity index (χ4v) is 3.00. The van der Waals surface area contributed by atoms with Gasteiger partial charge in [0.1, 0.15) is 0 Å². The third-order valence-electron chi connectivity index (χ3n) is 4.60. The van der Waals surface area contributed by atoms with Crippen molar-refractivity contribution in [1.82, 2.24) is 14.7 Å². The van der Waals surface area contributed by atoms with E-state index in [9.17, 15) is 22.8 Å². The van der Waals surface area contributed by atoms with E-state index in [-0.39, 0.29) is 12.1 Å². The Morgan fingerprint density at radius 1 is 1.23 bits per heavy atom. The number of hydrogen-bond acceptors (Lipinski definition) is 3. The number of aryl methyl sites for hydroxylation is 1. The number of carbonyl (C=O) groups excluding carboxylic acids is 1. The number of aliphatic carboxylic acids is 1. The van der Waals surface area contributed by atoms with Crippen molar-refractivity contribution >= 4 is 11.9 Å². The maximum absolute atomic E-state index is 13.2. The van der Waals surface area contributed by atoms with Crippen LogP contribution in [0.5, 0.6) is 0 Å². The van der Waals surface area contributed by atoms with Crippen LogP contribution in [-0.2, 0) is 4.79 Å². The van der Waals surface area contributed by atoms with E-state index in [2.05, 4.69) is 5.10 Å². The van der Waals surface area contributed by atoms with Crippen LogP contribution in [0.25, 0.3) is 5.69 Å². The summed E-state index contributed by atoms with van der Waals surface area (Å²) in [5.41, 5.74) is -1.05. The second-order valence-electron chi connectivity index (χ2n) is 6.37. The number of halogens is 3. The van der Waals surface area contributed by atoms with Gasteiger partial charge in [-0.05, 0) is 43.2 Å². The number of aromatic nitrogens is 2. The van der Waals surface area contributed by atoms with Crippen LogP contribution in [0.2, 0.25) is 0 Å². The van der Waals surface area contributed by atoms with E-state index < -0.39 is 36.4 Å². The van der Waals surface area contributed by atoms with Crippen LogP contribution in [0.15, 0.2) is 36.7 Å². The van der Waals surface area contributed by atoms with Gasteiger partial charge in [0.25, 0.3) is 5.91 Å². The molecule has 3 rings (SSSR count). The van der Waals surface area contributed by atoms with Crippen LogP contribution in [0, 0.1) is 12.3 Å². The Labute approximate surface area is 146 Å². The molecule has 0 spiro atoms. The van der Waals surface area contributed by atoms with Gasteiger partial charge in [-0.25, -0.2) is 4.68 Å². The number of likely N-dealkylation sites (tertiary alicyclic amines) is 1. The first kappa shape index (κ1) is 18.0. The number of rotatable bonds is 3. The molecule has 1 unspecified atom stereocenters. The van der Waals surface area contributed by atoms with Gasteiger partial charge in [-0.15, -0.1) is 0 Å². The maximum Gasteiger partial charge on any atom is 0.406 e. The molecule has 9 heteroatoms. The third-order valence-corrected chi connectivity index (χ3v) is 4.60. The molecule has 0 aliphatic carbocycles. The minimum absolute atomic E-state index is 0.195. The first-order chi connectivity index (χ1) is 12.1. The SMILES string of the molecule is Cc1cnn(-c2ccc(C(=O)N3CCC(C(=O)O)(C(F)(F)F)C3)cc2)c1. The molecule has 0 bridgehead atoms. The van der Waals surface area contributed by atoms with E-state index in [4.69, 9.17) is 5.11 Å². The molecular formula is C17H16F3N3O3. The number of carboxylic acids is 1. The van der Waals surface area contributed by atoms with Crippen molar-refractivity contribution in [3.63, 3.8) is 0 Å². The quantitative estimate of drug-likeness (QED) is 0.905. The highest BCUT2D eigenvalue weighted by atomic mass is 19.4. The summed E-state index contributed by atoms with van der Waals surface area (Å²) in [5.74, 6) is -2.58. The summed E-state index contributed by atoms with van der Waals surface area (Å²) in [4.78, 5) is 24.6. The zero-order valence-electron chi connectivity index (χ0n) is 13.8. The molecule has 26 heavy (non-hydrogen) atoms. The number of alkyl halides is 3. The Hall–Kier alpha value is -2.84. The van der Waals surface area contributed by atoms with Gasteiger partial charge in [-0.3, -0.25) is 9.59 Å². The van der Waals surface area contributed by atoms with Gasteiger partial charge in [-0.1, -0.05) is 0 Å². The summed E-state index contributed by atoms with van der Waals surface area (Å²) >= 11 is 0. The highest BCUT2D eigenvalue weighted by Crippen LogP contribution is 2.46. The molecule has 1 aromatic carbocycles. The second-order valence-corrected chi connectivity index (χ2v) is 6.37. The Balaban J connectivity index is 1.79. The first-order valence-corrected chi connectivity index (χ1v) is 7.85. The van der Waals surface area contributed by atoms with Crippen molar-refractivity contribution in [2.24, 2.45) is 5.41 Å². The van der Waals surface area contributed by atoms with Crippen LogP contribution >= 0.6 is 0 Å². The molecule has 0 radical (unpaired) electrons. The van der Waals surface area contributed by atoms with Crippen LogP contribution in [0.3, 0.4) is 0 Å². The second kappa shape index (κ2) is 6.15. The van der Waals surface area contributed by atoms with Crippen molar-refractivity contribution in [1.29, 1.82) is 0 Å². The monoisotopic (exact) mass is 367 g/mol. The summed E-state index contributed by atoms with van der Waals surface area (Å²) in [6.45, 7) is 0.736. The number of carboxylic acid groups (broad SMARTS) is 1. The maximum atomic E-state index is 13.2. The van der Waals surface area contributed by atoms with E-state index in [1.54, 1.807) is 29.2 Å². The van der Waals surface area contributed by atoms with Gasteiger partial charge in [0.05, 0.1) is 11.9 Å². The largest absolute Gasteiger partial charge is 0.481 e. The van der Waals surface area contributed by atoms with Crippen molar-refractivity contribution in [3.05, 3.63) is 47.8 Å². The van der Waals surface area contributed by atoms with Gasteiger partial charge in [0, 0.05) is 24.8 Å². The molecule has 138 valence electrons. The molecule has 2 heterocycles. The van der Waals surface area contributed by atoms with E-state index in [1.807, 2.05) is 6.92 Å². The van der Waals surface area contributed by atoms with E-state index >= 15 is 0 Å². The molecule has 1 aliphatic rings. The molecule has 1 atom stereocenters. The lowest BCUT2D eigenvalue weighted by Crippen LogP contribution is -2.47. The average Bonchev–Trinajstić information content (AvgIpc) is 3.21. The fraction of sp³-hybridized carbons (Fsp3) is 0.353. The Kier molecular flexibility index (Phi) is 4.25. The van der Waals surface area contributed by atoms with Crippen LogP contribution in [0.1, 0.15) is 22.3 Å². The lowest BCUT2D eigenvalue weighted by Gasteiger charge is -2.27. The number of carbonyl (C=O) groups is 2.